The second kappa shape index (κ2) is 34.6. The van der Waals surface area contributed by atoms with Crippen LogP contribution in [-0.2, 0) is 0 Å². The average molecular weight is 1600 g/mol. The Morgan fingerprint density at radius 1 is 0.191 bits per heavy atom. The number of nitrogens with zero attached hydrogens (tertiary/aromatic N) is 5. The van der Waals surface area contributed by atoms with Gasteiger partial charge in [0.2, 0.25) is 0 Å². The van der Waals surface area contributed by atoms with E-state index in [0.29, 0.717) is 0 Å². The van der Waals surface area contributed by atoms with E-state index in [4.69, 9.17) is 0 Å². The van der Waals surface area contributed by atoms with Gasteiger partial charge in [-0.25, -0.2) is 0 Å². The van der Waals surface area contributed by atoms with E-state index in [-0.39, 0.29) is 0 Å². The van der Waals surface area contributed by atoms with Crippen LogP contribution in [0.15, 0.2) is 428 Å². The van der Waals surface area contributed by atoms with Gasteiger partial charge < -0.3 is 15.1 Å². The largest absolute Gasteiger partial charge is 0.354 e. The predicted molar refractivity (Wildman–Crippen MR) is 475 cm³/mol. The van der Waals surface area contributed by atoms with Crippen molar-refractivity contribution in [3.8, 4) is 107 Å². The highest BCUT2D eigenvalue weighted by molar-refractivity contribution is 9.10. The first kappa shape index (κ1) is 71.8. The Morgan fingerprint density at radius 3 is 0.691 bits per heavy atom. The van der Waals surface area contributed by atoms with Gasteiger partial charge in [-0.2, -0.15) is 0 Å². The quantitative estimate of drug-likeness (QED) is 0.0924. The monoisotopic (exact) mass is 1600 g/mol. The molecule has 18 rings (SSSR count). The highest BCUT2D eigenvalue weighted by atomic mass is 79.9. The second-order valence-corrected chi connectivity index (χ2v) is 31.1. The molecule has 0 fully saturated rings. The molecule has 0 radical (unpaired) electrons. The van der Waals surface area contributed by atoms with E-state index in [1.165, 1.54) is 84.9 Å². The normalized spacial score (nSPS) is 10.8. The van der Waals surface area contributed by atoms with Crippen molar-refractivity contribution in [3.63, 3.8) is 0 Å². The van der Waals surface area contributed by atoms with Gasteiger partial charge in [0, 0.05) is 85.2 Å². The lowest BCUT2D eigenvalue weighted by molar-refractivity contribution is 1.23. The minimum absolute atomic E-state index is 0.993. The molecule has 0 aliphatic carbocycles. The Labute approximate surface area is 671 Å². The molecule has 528 valence electrons. The molecule has 0 unspecified atom stereocenters. The van der Waals surface area contributed by atoms with Gasteiger partial charge in [-0.15, -0.1) is 34.0 Å². The number of anilines is 8. The summed E-state index contributed by atoms with van der Waals surface area (Å²) in [6.45, 7) is 0. The first-order valence-electron chi connectivity index (χ1n) is 36.1. The SMILES string of the molecule is Brc1ccc(-c2ccc(-c3ccc(Br)cc3)cc2)cc1.c1ccc(-c2ccc(-c3ccc(N(c4ccc(-c5ccc(-c6ccc(N(c7ccc(-c8ccc(-c9ccccc9)s8)cc7)c7cccnc7)cc6)cc5)cc4)c4cccnc4)cc3)s2)cc1.c1ccc(-c2ccc(-c3ccc(Nc4cccnc4)cc3)s2)cc1. The van der Waals surface area contributed by atoms with Gasteiger partial charge in [-0.3, -0.25) is 15.0 Å². The zero-order valence-electron chi connectivity index (χ0n) is 59.6. The molecular formula is C99H70Br2N6S3. The Kier molecular flexibility index (Phi) is 22.6. The second-order valence-electron chi connectivity index (χ2n) is 26.0. The molecule has 0 aliphatic heterocycles. The van der Waals surface area contributed by atoms with Gasteiger partial charge in [0.15, 0.2) is 0 Å². The molecule has 0 saturated heterocycles. The summed E-state index contributed by atoms with van der Waals surface area (Å²) in [5, 5.41) is 3.35. The molecule has 0 aliphatic rings. The summed E-state index contributed by atoms with van der Waals surface area (Å²) >= 11 is 12.4. The number of pyridine rings is 3. The van der Waals surface area contributed by atoms with Crippen molar-refractivity contribution in [1.82, 2.24) is 15.0 Å². The van der Waals surface area contributed by atoms with E-state index in [2.05, 4.69) is 414 Å². The molecule has 11 heteroatoms. The molecule has 12 aromatic carbocycles. The van der Waals surface area contributed by atoms with Crippen LogP contribution in [0.2, 0.25) is 0 Å². The van der Waals surface area contributed by atoms with Crippen molar-refractivity contribution in [1.29, 1.82) is 0 Å². The number of benzene rings is 12. The van der Waals surface area contributed by atoms with Gasteiger partial charge >= 0.3 is 0 Å². The van der Waals surface area contributed by atoms with Crippen LogP contribution in [0, 0.1) is 0 Å². The van der Waals surface area contributed by atoms with Crippen LogP contribution < -0.4 is 15.1 Å². The summed E-state index contributed by atoms with van der Waals surface area (Å²) in [5.41, 5.74) is 25.3. The van der Waals surface area contributed by atoms with Crippen molar-refractivity contribution < 1.29 is 0 Å². The molecule has 1 N–H and O–H groups in total. The van der Waals surface area contributed by atoms with E-state index < -0.39 is 0 Å². The molecule has 0 saturated carbocycles. The summed E-state index contributed by atoms with van der Waals surface area (Å²) in [5.74, 6) is 0. The van der Waals surface area contributed by atoms with Crippen LogP contribution in [0.1, 0.15) is 0 Å². The van der Waals surface area contributed by atoms with Gasteiger partial charge in [-0.05, 0) is 236 Å². The Hall–Kier alpha value is -12.5. The summed E-state index contributed by atoms with van der Waals surface area (Å²) in [4.78, 5) is 25.2. The number of nitrogens with one attached hydrogen (secondary N) is 1. The number of rotatable bonds is 18. The van der Waals surface area contributed by atoms with E-state index in [0.717, 1.165) is 76.7 Å². The van der Waals surface area contributed by atoms with E-state index in [9.17, 15) is 0 Å². The predicted octanol–water partition coefficient (Wildman–Crippen LogP) is 30.3. The Morgan fingerprint density at radius 2 is 0.427 bits per heavy atom. The smallest absolute Gasteiger partial charge is 0.0644 e. The summed E-state index contributed by atoms with van der Waals surface area (Å²) < 4.78 is 2.21. The van der Waals surface area contributed by atoms with Crippen molar-refractivity contribution in [2.24, 2.45) is 0 Å². The molecule has 110 heavy (non-hydrogen) atoms. The van der Waals surface area contributed by atoms with Crippen LogP contribution in [0.4, 0.5) is 45.5 Å². The first-order chi connectivity index (χ1) is 54.3. The molecule has 0 bridgehead atoms. The molecule has 0 atom stereocenters. The minimum atomic E-state index is 0.993. The summed E-state index contributed by atoms with van der Waals surface area (Å²) in [6, 6.07) is 135. The van der Waals surface area contributed by atoms with Crippen LogP contribution >= 0.6 is 65.9 Å². The highest BCUT2D eigenvalue weighted by Crippen LogP contribution is 2.43. The zero-order chi connectivity index (χ0) is 74.2. The van der Waals surface area contributed by atoms with E-state index in [1.54, 1.807) is 6.20 Å². The molecular weight excluding hydrogens is 1530 g/mol. The number of aromatic nitrogens is 3. The lowest BCUT2D eigenvalue weighted by Gasteiger charge is -2.25. The first-order valence-corrected chi connectivity index (χ1v) is 40.1. The number of hydrogen-bond donors (Lipinski definition) is 1. The molecule has 6 aromatic heterocycles. The lowest BCUT2D eigenvalue weighted by atomic mass is 9.99. The molecule has 18 aromatic rings. The van der Waals surface area contributed by atoms with Crippen molar-refractivity contribution >= 4 is 111 Å². The fourth-order valence-corrected chi connectivity index (χ4v) is 16.7. The summed E-state index contributed by atoms with van der Waals surface area (Å²) in [7, 11) is 0. The average Bonchev–Trinajstić information content (AvgIpc) is 0.907. The molecule has 0 spiro atoms. The fraction of sp³-hybridized carbons (Fsp3) is 0. The molecule has 6 nitrogen and oxygen atoms in total. The summed E-state index contributed by atoms with van der Waals surface area (Å²) in [6.07, 6.45) is 11.1. The number of hydrogen-bond acceptors (Lipinski definition) is 9. The highest BCUT2D eigenvalue weighted by Gasteiger charge is 2.18. The van der Waals surface area contributed by atoms with Crippen LogP contribution in [-0.4, -0.2) is 15.0 Å². The third-order valence-corrected chi connectivity index (χ3v) is 23.4. The van der Waals surface area contributed by atoms with Crippen LogP contribution in [0.5, 0.6) is 0 Å². The van der Waals surface area contributed by atoms with E-state index >= 15 is 0 Å². The Balaban J connectivity index is 0.000000168. The van der Waals surface area contributed by atoms with Gasteiger partial charge in [0.1, 0.15) is 0 Å². The molecule has 0 amide bonds. The third-order valence-electron chi connectivity index (χ3n) is 18.8. The van der Waals surface area contributed by atoms with Crippen molar-refractivity contribution in [2.75, 3.05) is 15.1 Å². The van der Waals surface area contributed by atoms with Crippen LogP contribution in [0.3, 0.4) is 0 Å². The Bertz CT molecular complexity index is 5630. The van der Waals surface area contributed by atoms with Crippen molar-refractivity contribution in [3.05, 3.63) is 428 Å². The van der Waals surface area contributed by atoms with Gasteiger partial charge in [0.05, 0.1) is 35.7 Å². The third kappa shape index (κ3) is 17.6. The maximum absolute atomic E-state index is 4.47. The van der Waals surface area contributed by atoms with E-state index in [1.807, 2.05) is 95.3 Å². The minimum Gasteiger partial charge on any atom is -0.354 e. The van der Waals surface area contributed by atoms with Crippen LogP contribution in [0.25, 0.3) is 107 Å². The topological polar surface area (TPSA) is 57.2 Å². The lowest BCUT2D eigenvalue weighted by Crippen LogP contribution is -2.10. The van der Waals surface area contributed by atoms with Gasteiger partial charge in [-0.1, -0.05) is 256 Å². The fourth-order valence-electron chi connectivity index (χ4n) is 13.1. The van der Waals surface area contributed by atoms with Crippen molar-refractivity contribution in [2.45, 2.75) is 0 Å². The zero-order valence-corrected chi connectivity index (χ0v) is 65.2. The maximum Gasteiger partial charge on any atom is 0.0644 e. The molecule has 6 heterocycles. The standard InChI is InChI=1S/C60H42N4S2.C21H16N2S.C18H12Br2/c1-3-9-47(10-4-1)57-35-37-59(65-57)49-23-31-53(32-24-49)63(55-13-7-39-61-41-55)51-27-19-45(20-28-51)43-15-17-44(18-16-43)46-21-29-52(30-22-46)64(56-14-8-40-62-42-56)54-33-25-50(26-34-54)60-38-36-58(66-60)48-11-5-2-6-12-48;1-2-5-16(6-3-1)20-12-13-21(24-20)17-8-10-18(11-9-17)23-19-7-4-14-22-15-19;19-17-9-5-15(6-10-17)13-1-2-14(4-3-13)16-7-11-18(20)12-8-16/h1-42H;1-15,23H;1-12H. The number of halogens is 2. The van der Waals surface area contributed by atoms with Gasteiger partial charge in [0.25, 0.3) is 0 Å². The number of thiophene rings is 3. The maximum atomic E-state index is 4.47.